The zero-order valence-corrected chi connectivity index (χ0v) is 35.3. The van der Waals surface area contributed by atoms with Crippen LogP contribution in [0.1, 0.15) is 97.4 Å². The second kappa shape index (κ2) is 19.4. The van der Waals surface area contributed by atoms with E-state index in [0.717, 1.165) is 67.5 Å². The molecule has 0 bridgehead atoms. The molecule has 8 rings (SSSR count). The number of pyridine rings is 1. The molecule has 3 aromatic rings. The maximum atomic E-state index is 14.8. The van der Waals surface area contributed by atoms with Gasteiger partial charge < -0.3 is 48.4 Å². The van der Waals surface area contributed by atoms with E-state index in [0.29, 0.717) is 60.3 Å². The molecule has 7 atom stereocenters. The Morgan fingerprint density at radius 2 is 1.84 bits per heavy atom. The number of ether oxygens (including phenoxy) is 6. The Balaban J connectivity index is 1.28. The van der Waals surface area contributed by atoms with E-state index in [1.807, 2.05) is 37.3 Å². The van der Waals surface area contributed by atoms with Gasteiger partial charge in [0, 0.05) is 55.8 Å². The van der Waals surface area contributed by atoms with Gasteiger partial charge in [0.2, 0.25) is 18.9 Å². The predicted octanol–water partition coefficient (Wildman–Crippen LogP) is 7.63. The zero-order chi connectivity index (χ0) is 42.3. The number of hydrogen-bond donors (Lipinski definition) is 2. The fourth-order valence-electron chi connectivity index (χ4n) is 9.95. The Morgan fingerprint density at radius 1 is 1.02 bits per heavy atom. The quantitative estimate of drug-likeness (QED) is 0.0740. The number of nitrogens with zero attached hydrogens (tertiary/aromatic N) is 3. The smallest absolute Gasteiger partial charge is 0.254 e. The van der Waals surface area contributed by atoms with E-state index in [1.54, 1.807) is 36.2 Å². The number of carbonyl (C=O) groups excluding carboxylic acids is 1. The van der Waals surface area contributed by atoms with Crippen LogP contribution in [-0.2, 0) is 20.9 Å². The maximum absolute atomic E-state index is 14.8. The molecular formula is C48H59N3O10. The van der Waals surface area contributed by atoms with Gasteiger partial charge in [0.25, 0.3) is 5.91 Å². The molecule has 326 valence electrons. The number of hydrogen-bond acceptors (Lipinski definition) is 12. The third kappa shape index (κ3) is 9.02. The summed E-state index contributed by atoms with van der Waals surface area (Å²) in [5.41, 5.74) is 4.82. The number of rotatable bonds is 18. The Hall–Kier alpha value is -4.95. The van der Waals surface area contributed by atoms with E-state index in [9.17, 15) is 15.0 Å². The lowest BCUT2D eigenvalue weighted by Crippen LogP contribution is -2.69. The number of aliphatic hydroxyl groups excluding tert-OH is 2. The third-order valence-corrected chi connectivity index (χ3v) is 12.8. The van der Waals surface area contributed by atoms with E-state index in [-0.39, 0.29) is 56.7 Å². The molecule has 5 aliphatic rings. The first kappa shape index (κ1) is 42.7. The van der Waals surface area contributed by atoms with E-state index >= 15 is 0 Å². The minimum atomic E-state index is -1.39. The standard InChI is InChI=1S/C48H59N3O10/c1-4-23-59-48-43(51(3)47(54)33-17-19-41-42(26-33)58-30-57-41)28-39(50-61-44-16-7-10-24-55-44)37-25-32(13-5-8-21-52)36(15-6-9-22-53)45(46(37)48)38-27-35(18-20-40(38)60-48)56-29-34-14-11-12-31(2)49-34/h4,11-12,14,17-20,25-27,32,36,43-46,52-53H,1,5-10,13,15-16,21-24,28-30H2,2-3H3/t32-,36+,43-,44?,45+,46+,48+/m0/s1. The van der Waals surface area contributed by atoms with Crippen molar-refractivity contribution in [2.75, 3.05) is 40.3 Å². The van der Waals surface area contributed by atoms with Gasteiger partial charge in [-0.15, -0.1) is 6.58 Å². The molecule has 1 aromatic heterocycles. The van der Waals surface area contributed by atoms with Crippen molar-refractivity contribution in [1.29, 1.82) is 0 Å². The minimum Gasteiger partial charge on any atom is -0.487 e. The fraction of sp³-hybridized carbons (Fsp3) is 0.521. The first-order valence-corrected chi connectivity index (χ1v) is 21.9. The molecule has 1 saturated carbocycles. The van der Waals surface area contributed by atoms with Crippen LogP contribution in [0.2, 0.25) is 0 Å². The van der Waals surface area contributed by atoms with Crippen LogP contribution >= 0.6 is 0 Å². The lowest BCUT2D eigenvalue weighted by molar-refractivity contribution is -0.252. The molecule has 4 heterocycles. The van der Waals surface area contributed by atoms with Crippen LogP contribution in [0.3, 0.4) is 0 Å². The summed E-state index contributed by atoms with van der Waals surface area (Å²) >= 11 is 0. The van der Waals surface area contributed by atoms with Crippen LogP contribution in [-0.4, -0.2) is 90.1 Å². The molecule has 0 spiro atoms. The number of oxime groups is 1. The van der Waals surface area contributed by atoms with Crippen molar-refractivity contribution in [2.45, 2.75) is 102 Å². The normalized spacial score (nSPS) is 26.7. The molecule has 61 heavy (non-hydrogen) atoms. The molecule has 0 radical (unpaired) electrons. The zero-order valence-electron chi connectivity index (χ0n) is 35.3. The minimum absolute atomic E-state index is 0.0690. The first-order valence-electron chi connectivity index (χ1n) is 21.9. The molecule has 2 N–H and O–H groups in total. The SMILES string of the molecule is C=CCO[C@@]12Oc3ccc(OCc4cccc(C)n4)cc3[C@H]3[C@H](CCCCO)[C@@H](CCCCO)C=C(C(=NOC4CCCCO4)C[C@@H]1N(C)C(=O)c1ccc4c(c1)OCO4)[C@H]32. The topological polar surface area (TPSA) is 151 Å². The van der Waals surface area contributed by atoms with Gasteiger partial charge in [0.1, 0.15) is 24.1 Å². The molecule has 3 aliphatic heterocycles. The number of likely N-dealkylation sites (N-methyl/N-ethyl adjacent to an activating group) is 1. The van der Waals surface area contributed by atoms with Gasteiger partial charge in [-0.2, -0.15) is 0 Å². The summed E-state index contributed by atoms with van der Waals surface area (Å²) in [7, 11) is 1.79. The highest BCUT2D eigenvalue weighted by Gasteiger charge is 2.65. The van der Waals surface area contributed by atoms with E-state index in [1.165, 1.54) is 0 Å². The lowest BCUT2D eigenvalue weighted by Gasteiger charge is -2.59. The highest BCUT2D eigenvalue weighted by Crippen LogP contribution is 2.62. The second-order valence-electron chi connectivity index (χ2n) is 16.7. The molecular weight excluding hydrogens is 779 g/mol. The summed E-state index contributed by atoms with van der Waals surface area (Å²) in [6.07, 6.45) is 11.2. The summed E-state index contributed by atoms with van der Waals surface area (Å²) in [5, 5.41) is 24.8. The molecule has 13 heteroatoms. The van der Waals surface area contributed by atoms with Gasteiger partial charge >= 0.3 is 0 Å². The molecule has 1 unspecified atom stereocenters. The number of unbranched alkanes of at least 4 members (excludes halogenated alkanes) is 2. The van der Waals surface area contributed by atoms with Crippen molar-refractivity contribution < 1.29 is 48.3 Å². The van der Waals surface area contributed by atoms with Crippen molar-refractivity contribution in [3.63, 3.8) is 0 Å². The van der Waals surface area contributed by atoms with E-state index in [4.69, 9.17) is 38.4 Å². The highest BCUT2D eigenvalue weighted by molar-refractivity contribution is 6.03. The number of carbonyl (C=O) groups is 1. The Labute approximate surface area is 358 Å². The van der Waals surface area contributed by atoms with E-state index in [2.05, 4.69) is 23.7 Å². The monoisotopic (exact) mass is 837 g/mol. The number of aryl methyl sites for hydroxylation is 1. The Morgan fingerprint density at radius 3 is 2.62 bits per heavy atom. The number of allylic oxidation sites excluding steroid dienone is 1. The fourth-order valence-corrected chi connectivity index (χ4v) is 9.95. The Bertz CT molecular complexity index is 2080. The van der Waals surface area contributed by atoms with Crippen LogP contribution in [0.25, 0.3) is 0 Å². The van der Waals surface area contributed by atoms with Crippen LogP contribution in [0.15, 0.2) is 84.1 Å². The maximum Gasteiger partial charge on any atom is 0.254 e. The lowest BCUT2D eigenvalue weighted by atomic mass is 9.55. The van der Waals surface area contributed by atoms with Crippen LogP contribution in [0.5, 0.6) is 23.0 Å². The molecule has 2 fully saturated rings. The summed E-state index contributed by atoms with van der Waals surface area (Å²) in [4.78, 5) is 27.4. The highest BCUT2D eigenvalue weighted by atomic mass is 16.8. The number of fused-ring (bicyclic) bond motifs is 3. The van der Waals surface area contributed by atoms with Crippen molar-refractivity contribution in [3.05, 3.63) is 101 Å². The average Bonchev–Trinajstić information content (AvgIpc) is 3.76. The predicted molar refractivity (Wildman–Crippen MR) is 228 cm³/mol. The molecule has 2 aliphatic carbocycles. The largest absolute Gasteiger partial charge is 0.487 e. The van der Waals surface area contributed by atoms with Crippen molar-refractivity contribution in [1.82, 2.24) is 9.88 Å². The summed E-state index contributed by atoms with van der Waals surface area (Å²) in [6.45, 7) is 7.36. The van der Waals surface area contributed by atoms with Crippen LogP contribution in [0, 0.1) is 24.7 Å². The molecule has 2 aromatic carbocycles. The number of aromatic nitrogens is 1. The van der Waals surface area contributed by atoms with Gasteiger partial charge in [0.15, 0.2) is 11.5 Å². The van der Waals surface area contributed by atoms with E-state index < -0.39 is 24.0 Å². The third-order valence-electron chi connectivity index (χ3n) is 12.8. The average molecular weight is 838 g/mol. The first-order chi connectivity index (χ1) is 29.8. The number of benzene rings is 2. The van der Waals surface area contributed by atoms with Crippen molar-refractivity contribution in [2.24, 2.45) is 22.9 Å². The molecule has 13 nitrogen and oxygen atoms in total. The van der Waals surface area contributed by atoms with Gasteiger partial charge in [0.05, 0.1) is 30.5 Å². The van der Waals surface area contributed by atoms with Gasteiger partial charge in [-0.1, -0.05) is 36.2 Å². The van der Waals surface area contributed by atoms with Gasteiger partial charge in [-0.05, 0) is 111 Å². The van der Waals surface area contributed by atoms with Crippen LogP contribution < -0.4 is 18.9 Å². The summed E-state index contributed by atoms with van der Waals surface area (Å²) in [6, 6.07) is 16.4. The van der Waals surface area contributed by atoms with Gasteiger partial charge in [-0.3, -0.25) is 9.78 Å². The number of amides is 1. The summed E-state index contributed by atoms with van der Waals surface area (Å²) in [5.74, 6) is 0.302. The van der Waals surface area contributed by atoms with Crippen LogP contribution in [0.4, 0.5) is 0 Å². The summed E-state index contributed by atoms with van der Waals surface area (Å²) < 4.78 is 38.0. The Kier molecular flexibility index (Phi) is 13.6. The second-order valence-corrected chi connectivity index (χ2v) is 16.7. The van der Waals surface area contributed by atoms with Crippen molar-refractivity contribution >= 4 is 11.6 Å². The molecule has 1 saturated heterocycles. The van der Waals surface area contributed by atoms with Gasteiger partial charge in [-0.25, -0.2) is 0 Å². The number of aliphatic hydroxyl groups is 2. The van der Waals surface area contributed by atoms with Crippen molar-refractivity contribution in [3.8, 4) is 23.0 Å². The molecule has 1 amide bonds.